The third kappa shape index (κ3) is 5.84. The van der Waals surface area contributed by atoms with Crippen LogP contribution in [0.5, 0.6) is 0 Å². The summed E-state index contributed by atoms with van der Waals surface area (Å²) in [6, 6.07) is 5.07. The molecule has 7 nitrogen and oxygen atoms in total. The van der Waals surface area contributed by atoms with Crippen LogP contribution in [0.3, 0.4) is 0 Å². The Labute approximate surface area is 146 Å². The van der Waals surface area contributed by atoms with Crippen LogP contribution in [0.25, 0.3) is 0 Å². The Balaban J connectivity index is 1.84. The first-order valence-corrected chi connectivity index (χ1v) is 7.97. The molecule has 1 heterocycles. The number of hydrogen-bond acceptors (Lipinski definition) is 4. The Morgan fingerprint density at radius 2 is 2.04 bits per heavy atom. The molecule has 1 atom stereocenters. The maximum absolute atomic E-state index is 13.0. The van der Waals surface area contributed by atoms with Gasteiger partial charge in [0.25, 0.3) is 0 Å². The van der Waals surface area contributed by atoms with E-state index in [-0.39, 0.29) is 12.4 Å². The van der Waals surface area contributed by atoms with Crippen molar-refractivity contribution < 1.29 is 14.3 Å². The molecule has 3 N–H and O–H groups in total. The maximum atomic E-state index is 13.0. The molecule has 0 aliphatic rings. The molecular weight excluding hydrogens is 325 g/mol. The molecule has 1 aromatic carbocycles. The second-order valence-corrected chi connectivity index (χ2v) is 6.38. The minimum atomic E-state index is -1.30. The van der Waals surface area contributed by atoms with Gasteiger partial charge in [-0.25, -0.2) is 9.18 Å². The van der Waals surface area contributed by atoms with Crippen molar-refractivity contribution in [1.29, 1.82) is 0 Å². The van der Waals surface area contributed by atoms with E-state index in [9.17, 15) is 14.3 Å². The number of carbonyl (C=O) groups excluding carboxylic acids is 1. The Hall–Kier alpha value is -2.45. The molecule has 2 rings (SSSR count). The summed E-state index contributed by atoms with van der Waals surface area (Å²) < 4.78 is 14.7. The second kappa shape index (κ2) is 8.09. The molecule has 0 saturated carbocycles. The van der Waals surface area contributed by atoms with Crippen LogP contribution >= 0.6 is 0 Å². The van der Waals surface area contributed by atoms with Crippen molar-refractivity contribution in [3.8, 4) is 0 Å². The molecule has 0 fully saturated rings. The molecule has 0 aliphatic carbocycles. The fourth-order valence-electron chi connectivity index (χ4n) is 2.19. The Bertz CT molecular complexity index is 697. The van der Waals surface area contributed by atoms with E-state index >= 15 is 0 Å². The number of rotatable bonds is 7. The SMILES string of the molecule is CN(C)CCn1cc(NC(=O)NCC(C)(O)c2ccc(F)cc2)cn1. The predicted molar refractivity (Wildman–Crippen MR) is 93.8 cm³/mol. The van der Waals surface area contributed by atoms with Crippen LogP contribution in [0.1, 0.15) is 12.5 Å². The van der Waals surface area contributed by atoms with Crippen LogP contribution in [-0.4, -0.2) is 53.0 Å². The normalized spacial score (nSPS) is 13.5. The van der Waals surface area contributed by atoms with E-state index in [2.05, 4.69) is 15.7 Å². The zero-order valence-electron chi connectivity index (χ0n) is 14.7. The van der Waals surface area contributed by atoms with Gasteiger partial charge in [0.1, 0.15) is 11.4 Å². The highest BCUT2D eigenvalue weighted by molar-refractivity contribution is 5.88. The topological polar surface area (TPSA) is 82.4 Å². The van der Waals surface area contributed by atoms with Gasteiger partial charge in [0, 0.05) is 12.7 Å². The fourth-order valence-corrected chi connectivity index (χ4v) is 2.19. The molecule has 0 spiro atoms. The van der Waals surface area contributed by atoms with Crippen molar-refractivity contribution in [1.82, 2.24) is 20.0 Å². The van der Waals surface area contributed by atoms with Crippen molar-refractivity contribution in [3.05, 3.63) is 48.0 Å². The molecule has 1 aromatic heterocycles. The largest absolute Gasteiger partial charge is 0.384 e. The highest BCUT2D eigenvalue weighted by Crippen LogP contribution is 2.19. The van der Waals surface area contributed by atoms with Gasteiger partial charge < -0.3 is 20.6 Å². The number of likely N-dealkylation sites (N-methyl/N-ethyl adjacent to an activating group) is 1. The molecule has 0 radical (unpaired) electrons. The summed E-state index contributed by atoms with van der Waals surface area (Å²) in [4.78, 5) is 14.0. The van der Waals surface area contributed by atoms with Gasteiger partial charge in [-0.3, -0.25) is 4.68 Å². The number of carbonyl (C=O) groups is 1. The van der Waals surface area contributed by atoms with Crippen molar-refractivity contribution in [2.45, 2.75) is 19.1 Å². The van der Waals surface area contributed by atoms with Crippen molar-refractivity contribution >= 4 is 11.7 Å². The second-order valence-electron chi connectivity index (χ2n) is 6.38. The number of urea groups is 1. The summed E-state index contributed by atoms with van der Waals surface area (Å²) in [6.07, 6.45) is 3.30. The number of halogens is 1. The first-order valence-electron chi connectivity index (χ1n) is 7.97. The standard InChI is InChI=1S/C17H24FN5O2/c1-17(25,13-4-6-14(18)7-5-13)12-19-16(24)21-15-10-20-23(11-15)9-8-22(2)3/h4-7,10-11,25H,8-9,12H2,1-3H3,(H2,19,21,24). The predicted octanol–water partition coefficient (Wildman–Crippen LogP) is 1.61. The van der Waals surface area contributed by atoms with Crippen molar-refractivity contribution in [2.24, 2.45) is 0 Å². The number of aliphatic hydroxyl groups is 1. The molecule has 2 aromatic rings. The van der Waals surface area contributed by atoms with Gasteiger partial charge in [-0.2, -0.15) is 5.10 Å². The quantitative estimate of drug-likeness (QED) is 0.709. The summed E-state index contributed by atoms with van der Waals surface area (Å²) >= 11 is 0. The van der Waals surface area contributed by atoms with Crippen LogP contribution in [0.4, 0.5) is 14.9 Å². The molecule has 1 unspecified atom stereocenters. The van der Waals surface area contributed by atoms with Crippen LogP contribution in [0.2, 0.25) is 0 Å². The minimum absolute atomic E-state index is 0.0147. The first-order chi connectivity index (χ1) is 11.8. The third-order valence-electron chi connectivity index (χ3n) is 3.73. The lowest BCUT2D eigenvalue weighted by Gasteiger charge is -2.24. The maximum Gasteiger partial charge on any atom is 0.319 e. The van der Waals surface area contributed by atoms with Crippen LogP contribution in [0.15, 0.2) is 36.7 Å². The van der Waals surface area contributed by atoms with E-state index in [1.165, 1.54) is 24.3 Å². The van der Waals surface area contributed by atoms with Crippen LogP contribution in [0, 0.1) is 5.82 Å². The number of nitrogens with zero attached hydrogens (tertiary/aromatic N) is 3. The fraction of sp³-hybridized carbons (Fsp3) is 0.412. The lowest BCUT2D eigenvalue weighted by Crippen LogP contribution is -2.40. The van der Waals surface area contributed by atoms with Gasteiger partial charge in [-0.05, 0) is 38.7 Å². The van der Waals surface area contributed by atoms with Gasteiger partial charge in [0.2, 0.25) is 0 Å². The summed E-state index contributed by atoms with van der Waals surface area (Å²) in [5.74, 6) is -0.378. The van der Waals surface area contributed by atoms with E-state index in [1.807, 2.05) is 19.0 Å². The number of amides is 2. The van der Waals surface area contributed by atoms with Crippen LogP contribution in [-0.2, 0) is 12.1 Å². The molecule has 0 saturated heterocycles. The molecule has 136 valence electrons. The number of anilines is 1. The molecular formula is C17H24FN5O2. The molecule has 0 aliphatic heterocycles. The number of benzene rings is 1. The van der Waals surface area contributed by atoms with Gasteiger partial charge in [0.05, 0.1) is 25.0 Å². The van der Waals surface area contributed by atoms with E-state index in [4.69, 9.17) is 0 Å². The van der Waals surface area contributed by atoms with E-state index in [1.54, 1.807) is 24.0 Å². The third-order valence-corrected chi connectivity index (χ3v) is 3.73. The monoisotopic (exact) mass is 349 g/mol. The first kappa shape index (κ1) is 18.9. The van der Waals surface area contributed by atoms with Gasteiger partial charge in [0.15, 0.2) is 0 Å². The lowest BCUT2D eigenvalue weighted by atomic mass is 9.96. The summed E-state index contributed by atoms with van der Waals surface area (Å²) in [7, 11) is 3.95. The van der Waals surface area contributed by atoms with Gasteiger partial charge in [-0.15, -0.1) is 0 Å². The molecule has 8 heteroatoms. The zero-order valence-corrected chi connectivity index (χ0v) is 14.7. The number of nitrogens with one attached hydrogen (secondary N) is 2. The average molecular weight is 349 g/mol. The van der Waals surface area contributed by atoms with Gasteiger partial charge in [-0.1, -0.05) is 12.1 Å². The van der Waals surface area contributed by atoms with E-state index in [0.717, 1.165) is 13.1 Å². The van der Waals surface area contributed by atoms with Gasteiger partial charge >= 0.3 is 6.03 Å². The molecule has 2 amide bonds. The van der Waals surface area contributed by atoms with Crippen molar-refractivity contribution in [2.75, 3.05) is 32.5 Å². The van der Waals surface area contributed by atoms with Crippen molar-refractivity contribution in [3.63, 3.8) is 0 Å². The van der Waals surface area contributed by atoms with E-state index < -0.39 is 11.6 Å². The zero-order chi connectivity index (χ0) is 18.4. The smallest absolute Gasteiger partial charge is 0.319 e. The summed E-state index contributed by atoms with van der Waals surface area (Å²) in [5, 5.41) is 19.9. The lowest BCUT2D eigenvalue weighted by molar-refractivity contribution is 0.0599. The Kier molecular flexibility index (Phi) is 6.11. The Morgan fingerprint density at radius 3 is 2.68 bits per heavy atom. The summed E-state index contributed by atoms with van der Waals surface area (Å²) in [5.41, 5.74) is -0.218. The molecule has 25 heavy (non-hydrogen) atoms. The average Bonchev–Trinajstić information content (AvgIpc) is 2.99. The summed E-state index contributed by atoms with van der Waals surface area (Å²) in [6.45, 7) is 3.10. The highest BCUT2D eigenvalue weighted by atomic mass is 19.1. The number of aromatic nitrogens is 2. The Morgan fingerprint density at radius 1 is 1.36 bits per heavy atom. The number of hydrogen-bond donors (Lipinski definition) is 3. The van der Waals surface area contributed by atoms with E-state index in [0.29, 0.717) is 11.3 Å². The minimum Gasteiger partial charge on any atom is -0.384 e. The van der Waals surface area contributed by atoms with Crippen LogP contribution < -0.4 is 10.6 Å². The molecule has 0 bridgehead atoms. The highest BCUT2D eigenvalue weighted by Gasteiger charge is 2.23.